The van der Waals surface area contributed by atoms with Crippen molar-refractivity contribution < 1.29 is 14.3 Å². The van der Waals surface area contributed by atoms with Crippen LogP contribution in [0.3, 0.4) is 0 Å². The Hall–Kier alpha value is -4.98. The van der Waals surface area contributed by atoms with Gasteiger partial charge >= 0.3 is 0 Å². The van der Waals surface area contributed by atoms with Crippen LogP contribution in [0.15, 0.2) is 103 Å². The monoisotopic (exact) mass is 617 g/mol. The summed E-state index contributed by atoms with van der Waals surface area (Å²) in [4.78, 5) is 33.2. The Labute approximate surface area is 264 Å². The lowest BCUT2D eigenvalue weighted by Crippen LogP contribution is -2.16. The molecule has 0 radical (unpaired) electrons. The fourth-order valence-corrected chi connectivity index (χ4v) is 6.33. The molecular formula is C36H28ClN3O3S. The largest absolute Gasteiger partial charge is 0.489 e. The number of amides is 1. The van der Waals surface area contributed by atoms with E-state index in [0.717, 1.165) is 16.7 Å². The van der Waals surface area contributed by atoms with E-state index in [1.807, 2.05) is 85.8 Å². The topological polar surface area (TPSA) is 94.3 Å². The minimum atomic E-state index is -0.318. The molecule has 0 saturated heterocycles. The number of carbonyl (C=O) groups is 2. The van der Waals surface area contributed by atoms with Crippen LogP contribution in [0.2, 0.25) is 5.02 Å². The molecule has 6 nitrogen and oxygen atoms in total. The van der Waals surface area contributed by atoms with Gasteiger partial charge in [0, 0.05) is 27.2 Å². The summed E-state index contributed by atoms with van der Waals surface area (Å²) in [5.41, 5.74) is 12.4. The normalized spacial score (nSPS) is 11.0. The van der Waals surface area contributed by atoms with E-state index in [-0.39, 0.29) is 17.4 Å². The first-order valence-electron chi connectivity index (χ1n) is 14.0. The number of nitrogens with one attached hydrogen (secondary N) is 1. The maximum atomic E-state index is 14.0. The number of hydrogen-bond donors (Lipinski definition) is 2. The lowest BCUT2D eigenvalue weighted by atomic mass is 9.94. The van der Waals surface area contributed by atoms with Crippen LogP contribution in [-0.2, 0) is 6.61 Å². The summed E-state index contributed by atoms with van der Waals surface area (Å²) < 4.78 is 6.01. The van der Waals surface area contributed by atoms with Crippen molar-refractivity contribution in [1.29, 1.82) is 0 Å². The van der Waals surface area contributed by atoms with Crippen LogP contribution < -0.4 is 15.8 Å². The number of nitrogens with two attached hydrogens (primary N) is 1. The summed E-state index contributed by atoms with van der Waals surface area (Å²) >= 11 is 7.27. The fourth-order valence-electron chi connectivity index (χ4n) is 5.09. The van der Waals surface area contributed by atoms with Gasteiger partial charge < -0.3 is 15.8 Å². The zero-order valence-corrected chi connectivity index (χ0v) is 25.6. The summed E-state index contributed by atoms with van der Waals surface area (Å²) in [7, 11) is 0. The second-order valence-corrected chi connectivity index (χ2v) is 11.8. The van der Waals surface area contributed by atoms with Crippen molar-refractivity contribution in [2.24, 2.45) is 0 Å². The van der Waals surface area contributed by atoms with Crippen LogP contribution in [-0.4, -0.2) is 16.7 Å². The smallest absolute Gasteiger partial charge is 0.258 e. The third kappa shape index (κ3) is 5.80. The predicted molar refractivity (Wildman–Crippen MR) is 179 cm³/mol. The lowest BCUT2D eigenvalue weighted by molar-refractivity contribution is 0.102. The van der Waals surface area contributed by atoms with Gasteiger partial charge in [-0.2, -0.15) is 0 Å². The molecule has 8 heteroatoms. The van der Waals surface area contributed by atoms with Crippen LogP contribution in [0.4, 0.5) is 11.4 Å². The highest BCUT2D eigenvalue weighted by Gasteiger charge is 2.27. The first kappa shape index (κ1) is 29.1. The average molecular weight is 618 g/mol. The van der Waals surface area contributed by atoms with Crippen LogP contribution >= 0.6 is 22.9 Å². The molecule has 6 aromatic rings. The molecule has 0 aliphatic carbocycles. The minimum Gasteiger partial charge on any atom is -0.489 e. The molecule has 0 unspecified atom stereocenters. The number of nitrogens with zero attached hydrogens (tertiary/aromatic N) is 1. The van der Waals surface area contributed by atoms with E-state index in [2.05, 4.69) is 5.32 Å². The number of aromatic nitrogens is 1. The van der Waals surface area contributed by atoms with E-state index < -0.39 is 0 Å². The summed E-state index contributed by atoms with van der Waals surface area (Å²) in [5, 5.41) is 4.15. The highest BCUT2D eigenvalue weighted by molar-refractivity contribution is 7.21. The van der Waals surface area contributed by atoms with Gasteiger partial charge in [0.25, 0.3) is 5.91 Å². The summed E-state index contributed by atoms with van der Waals surface area (Å²) in [6.45, 7) is 4.16. The number of aryl methyl sites for hydroxylation is 2. The maximum absolute atomic E-state index is 14.0. The third-order valence-electron chi connectivity index (χ3n) is 7.38. The predicted octanol–water partition coefficient (Wildman–Crippen LogP) is 8.88. The van der Waals surface area contributed by atoms with Gasteiger partial charge in [-0.1, -0.05) is 72.3 Å². The quantitative estimate of drug-likeness (QED) is 0.166. The van der Waals surface area contributed by atoms with Gasteiger partial charge in [-0.05, 0) is 73.0 Å². The second kappa shape index (κ2) is 12.3. The Kier molecular flexibility index (Phi) is 8.15. The molecule has 6 rings (SSSR count). The molecular weight excluding hydrogens is 590 g/mol. The number of hydrogen-bond acceptors (Lipinski definition) is 6. The fraction of sp³-hybridized carbons (Fsp3) is 0.0833. The number of halogens is 1. The van der Waals surface area contributed by atoms with Crippen molar-refractivity contribution in [1.82, 2.24) is 4.98 Å². The Morgan fingerprint density at radius 1 is 0.886 bits per heavy atom. The minimum absolute atomic E-state index is 0.235. The molecule has 0 aliphatic heterocycles. The average Bonchev–Trinajstić information content (AvgIpc) is 3.36. The summed E-state index contributed by atoms with van der Waals surface area (Å²) in [6, 6.07) is 31.7. The number of thiophene rings is 1. The van der Waals surface area contributed by atoms with E-state index in [0.29, 0.717) is 60.5 Å². The highest BCUT2D eigenvalue weighted by Crippen LogP contribution is 2.43. The molecule has 218 valence electrons. The van der Waals surface area contributed by atoms with Crippen molar-refractivity contribution in [3.05, 3.63) is 141 Å². The third-order valence-corrected chi connectivity index (χ3v) is 8.73. The van der Waals surface area contributed by atoms with Gasteiger partial charge in [0.05, 0.1) is 16.9 Å². The van der Waals surface area contributed by atoms with Crippen LogP contribution in [0, 0.1) is 13.8 Å². The number of ether oxygens (including phenoxy) is 1. The van der Waals surface area contributed by atoms with Crippen LogP contribution in [0.5, 0.6) is 5.75 Å². The molecule has 1 amide bonds. The Balaban J connectivity index is 1.47. The number of nitrogen functional groups attached to an aromatic ring is 1. The molecule has 2 aromatic heterocycles. The number of pyridine rings is 1. The van der Waals surface area contributed by atoms with Crippen molar-refractivity contribution in [2.75, 3.05) is 11.1 Å². The first-order chi connectivity index (χ1) is 21.3. The summed E-state index contributed by atoms with van der Waals surface area (Å²) in [6.07, 6.45) is 0. The molecule has 3 N–H and O–H groups in total. The lowest BCUT2D eigenvalue weighted by Gasteiger charge is -2.16. The van der Waals surface area contributed by atoms with E-state index in [9.17, 15) is 9.59 Å². The molecule has 4 aromatic carbocycles. The molecule has 0 spiro atoms. The van der Waals surface area contributed by atoms with Crippen LogP contribution in [0.1, 0.15) is 42.4 Å². The molecule has 44 heavy (non-hydrogen) atoms. The van der Waals surface area contributed by atoms with Crippen molar-refractivity contribution in [3.63, 3.8) is 0 Å². The zero-order valence-electron chi connectivity index (χ0n) is 24.1. The standard InChI is InChI=1S/C36H28ClN3O3S/c1-21-8-6-7-11-28(21)40-35(42)29-22(2)39-36-31(32(38)34(44-36)33(41)25-12-16-26(37)17-13-25)30(29)24-14-18-27(19-15-24)43-20-23-9-4-3-5-10-23/h3-19H,20,38H2,1-2H3,(H,40,42). The van der Waals surface area contributed by atoms with Crippen molar-refractivity contribution >= 4 is 56.2 Å². The zero-order chi connectivity index (χ0) is 30.8. The number of anilines is 2. The second-order valence-electron chi connectivity index (χ2n) is 10.4. The maximum Gasteiger partial charge on any atom is 0.258 e. The molecule has 0 aliphatic rings. The number of para-hydroxylation sites is 1. The van der Waals surface area contributed by atoms with E-state index >= 15 is 0 Å². The number of rotatable bonds is 8. The Morgan fingerprint density at radius 3 is 2.27 bits per heavy atom. The van der Waals surface area contributed by atoms with Crippen molar-refractivity contribution in [2.45, 2.75) is 20.5 Å². The SMILES string of the molecule is Cc1ccccc1NC(=O)c1c(C)nc2sc(C(=O)c3ccc(Cl)cc3)c(N)c2c1-c1ccc(OCc2ccccc2)cc1. The van der Waals surface area contributed by atoms with Crippen molar-refractivity contribution in [3.8, 4) is 16.9 Å². The highest BCUT2D eigenvalue weighted by atomic mass is 35.5. The molecule has 0 bridgehead atoms. The first-order valence-corrected chi connectivity index (χ1v) is 15.2. The van der Waals surface area contributed by atoms with Gasteiger partial charge in [-0.3, -0.25) is 9.59 Å². The number of fused-ring (bicyclic) bond motifs is 1. The van der Waals surface area contributed by atoms with Gasteiger partial charge in [0.1, 0.15) is 22.1 Å². The van der Waals surface area contributed by atoms with E-state index in [4.69, 9.17) is 27.1 Å². The number of ketones is 1. The van der Waals surface area contributed by atoms with Crippen LogP contribution in [0.25, 0.3) is 21.3 Å². The molecule has 0 atom stereocenters. The van der Waals surface area contributed by atoms with E-state index in [1.165, 1.54) is 11.3 Å². The van der Waals surface area contributed by atoms with Gasteiger partial charge in [-0.15, -0.1) is 11.3 Å². The number of carbonyl (C=O) groups excluding carboxylic acids is 2. The molecule has 0 fully saturated rings. The van der Waals surface area contributed by atoms with Gasteiger partial charge in [0.2, 0.25) is 5.78 Å². The Bertz CT molecular complexity index is 2000. The van der Waals surface area contributed by atoms with Gasteiger partial charge in [-0.25, -0.2) is 4.98 Å². The van der Waals surface area contributed by atoms with E-state index in [1.54, 1.807) is 31.2 Å². The summed E-state index contributed by atoms with van der Waals surface area (Å²) in [5.74, 6) is 0.130. The number of benzene rings is 4. The Morgan fingerprint density at radius 2 is 1.57 bits per heavy atom. The van der Waals surface area contributed by atoms with Gasteiger partial charge in [0.15, 0.2) is 0 Å². The molecule has 0 saturated carbocycles. The molecule has 2 heterocycles.